The standard InChI is InChI=1S/C25H28Cl2N2O3.3H2/c1-24(2,3)22-11-15-10-17(5-7-21(15)29(22)13-18(31)14-30)28-23(32)25(8-9-25)16-4-6-19(26)20(27)12-16;;;/h4-7,10-12,18,30-31H,8-9,13-14H2,1-3H3,(H,28,32);3*1H/t18-;;;/m1.../s1. The number of nitrogens with zero attached hydrogens (tertiary/aromatic N) is 1. The van der Waals surface area contributed by atoms with Crippen LogP contribution in [0.4, 0.5) is 5.69 Å². The first kappa shape index (κ1) is 23.1. The summed E-state index contributed by atoms with van der Waals surface area (Å²) >= 11 is 12.2. The van der Waals surface area contributed by atoms with Gasteiger partial charge < -0.3 is 20.1 Å². The molecule has 176 valence electrons. The molecule has 7 heteroatoms. The molecule has 1 amide bonds. The molecule has 1 atom stereocenters. The lowest BCUT2D eigenvalue weighted by atomic mass is 9.92. The largest absolute Gasteiger partial charge is 0.394 e. The van der Waals surface area contributed by atoms with Crippen LogP contribution in [-0.2, 0) is 22.2 Å². The minimum Gasteiger partial charge on any atom is -0.394 e. The fraction of sp³-hybridized carbons (Fsp3) is 0.400. The van der Waals surface area contributed by atoms with E-state index in [-0.39, 0.29) is 22.2 Å². The minimum absolute atomic E-state index is 0. The van der Waals surface area contributed by atoms with E-state index in [0.717, 1.165) is 35.0 Å². The first-order valence-corrected chi connectivity index (χ1v) is 11.5. The molecule has 1 aromatic heterocycles. The van der Waals surface area contributed by atoms with Crippen LogP contribution in [0.2, 0.25) is 10.0 Å². The number of halogens is 2. The molecule has 3 N–H and O–H groups in total. The molecule has 0 bridgehead atoms. The third kappa shape index (κ3) is 4.27. The molecule has 4 rings (SSSR count). The van der Waals surface area contributed by atoms with Crippen molar-refractivity contribution < 1.29 is 19.3 Å². The molecule has 1 fully saturated rings. The van der Waals surface area contributed by atoms with Gasteiger partial charge in [-0.15, -0.1) is 0 Å². The minimum atomic E-state index is -0.841. The van der Waals surface area contributed by atoms with Crippen LogP contribution < -0.4 is 5.32 Å². The Kier molecular flexibility index (Phi) is 6.05. The molecule has 5 nitrogen and oxygen atoms in total. The fourth-order valence-electron chi connectivity index (χ4n) is 4.25. The van der Waals surface area contributed by atoms with Gasteiger partial charge >= 0.3 is 0 Å². The number of aliphatic hydroxyl groups is 2. The summed E-state index contributed by atoms with van der Waals surface area (Å²) in [6.45, 7) is 6.34. The first-order chi connectivity index (χ1) is 15.0. The molecule has 1 aliphatic rings. The summed E-state index contributed by atoms with van der Waals surface area (Å²) in [6, 6.07) is 13.2. The van der Waals surface area contributed by atoms with Crippen molar-refractivity contribution in [1.29, 1.82) is 0 Å². The number of hydrogen-bond donors (Lipinski definition) is 3. The van der Waals surface area contributed by atoms with Crippen LogP contribution in [0.5, 0.6) is 0 Å². The van der Waals surface area contributed by atoms with E-state index in [1.807, 2.05) is 28.8 Å². The van der Waals surface area contributed by atoms with Crippen LogP contribution in [0, 0.1) is 0 Å². The third-order valence-electron chi connectivity index (χ3n) is 6.19. The lowest BCUT2D eigenvalue weighted by molar-refractivity contribution is -0.118. The predicted octanol–water partition coefficient (Wildman–Crippen LogP) is 6.01. The number of fused-ring (bicyclic) bond motifs is 1. The van der Waals surface area contributed by atoms with E-state index < -0.39 is 11.5 Å². The molecule has 0 saturated heterocycles. The van der Waals surface area contributed by atoms with Gasteiger partial charge in [-0.05, 0) is 54.8 Å². The number of anilines is 1. The highest BCUT2D eigenvalue weighted by molar-refractivity contribution is 6.42. The molecule has 2 aromatic carbocycles. The first-order valence-electron chi connectivity index (χ1n) is 10.7. The summed E-state index contributed by atoms with van der Waals surface area (Å²) in [5.41, 5.74) is 2.88. The zero-order valence-electron chi connectivity index (χ0n) is 18.5. The van der Waals surface area contributed by atoms with Crippen LogP contribution in [0.1, 0.15) is 49.2 Å². The molecule has 1 aliphatic carbocycles. The van der Waals surface area contributed by atoms with Crippen LogP contribution in [0.3, 0.4) is 0 Å². The quantitative estimate of drug-likeness (QED) is 0.404. The number of hydrogen-bond acceptors (Lipinski definition) is 3. The molecule has 0 radical (unpaired) electrons. The lowest BCUT2D eigenvalue weighted by Gasteiger charge is -2.23. The van der Waals surface area contributed by atoms with Crippen molar-refractivity contribution in [3.8, 4) is 0 Å². The zero-order valence-corrected chi connectivity index (χ0v) is 20.0. The maximum absolute atomic E-state index is 13.2. The maximum Gasteiger partial charge on any atom is 0.235 e. The number of aromatic nitrogens is 1. The topological polar surface area (TPSA) is 74.5 Å². The molecule has 0 spiro atoms. The van der Waals surface area contributed by atoms with E-state index in [1.165, 1.54) is 0 Å². The number of rotatable bonds is 6. The fourth-order valence-corrected chi connectivity index (χ4v) is 4.55. The molecular formula is C25H34Cl2N2O3. The van der Waals surface area contributed by atoms with E-state index in [0.29, 0.717) is 22.3 Å². The smallest absolute Gasteiger partial charge is 0.235 e. The van der Waals surface area contributed by atoms with E-state index >= 15 is 0 Å². The number of benzene rings is 2. The highest BCUT2D eigenvalue weighted by Gasteiger charge is 2.51. The average Bonchev–Trinajstić information content (AvgIpc) is 3.47. The Hall–Kier alpha value is -2.05. The Bertz CT molecular complexity index is 1190. The summed E-state index contributed by atoms with van der Waals surface area (Å²) in [4.78, 5) is 13.2. The van der Waals surface area contributed by atoms with Crippen molar-refractivity contribution in [3.63, 3.8) is 0 Å². The Morgan fingerprint density at radius 1 is 1.16 bits per heavy atom. The molecule has 1 saturated carbocycles. The number of aliphatic hydroxyl groups excluding tert-OH is 2. The summed E-state index contributed by atoms with van der Waals surface area (Å²) in [5, 5.41) is 24.3. The lowest BCUT2D eigenvalue weighted by Crippen LogP contribution is -2.27. The molecule has 0 unspecified atom stereocenters. The monoisotopic (exact) mass is 480 g/mol. The van der Waals surface area contributed by atoms with E-state index in [9.17, 15) is 15.0 Å². The van der Waals surface area contributed by atoms with Crippen molar-refractivity contribution in [2.24, 2.45) is 0 Å². The van der Waals surface area contributed by atoms with Crippen LogP contribution >= 0.6 is 23.2 Å². The van der Waals surface area contributed by atoms with Gasteiger partial charge in [0.25, 0.3) is 0 Å². The summed E-state index contributed by atoms with van der Waals surface area (Å²) in [5.74, 6) is -0.0542. The molecule has 1 heterocycles. The van der Waals surface area contributed by atoms with Gasteiger partial charge in [0, 0.05) is 32.0 Å². The van der Waals surface area contributed by atoms with E-state index in [2.05, 4.69) is 32.2 Å². The Labute approximate surface area is 202 Å². The highest BCUT2D eigenvalue weighted by Crippen LogP contribution is 2.50. The number of carbonyl (C=O) groups is 1. The Balaban J connectivity index is 0.00000204. The van der Waals surface area contributed by atoms with Gasteiger partial charge in [0.15, 0.2) is 0 Å². The van der Waals surface area contributed by atoms with Gasteiger partial charge in [-0.2, -0.15) is 0 Å². The van der Waals surface area contributed by atoms with Crippen molar-refractivity contribution in [1.82, 2.24) is 4.57 Å². The molecule has 0 aliphatic heterocycles. The molecule has 3 aromatic rings. The Morgan fingerprint density at radius 3 is 2.47 bits per heavy atom. The summed E-state index contributed by atoms with van der Waals surface area (Å²) < 4.78 is 2.04. The predicted molar refractivity (Wildman–Crippen MR) is 136 cm³/mol. The number of nitrogens with one attached hydrogen (secondary N) is 1. The number of carbonyl (C=O) groups excluding carboxylic acids is 1. The summed E-state index contributed by atoms with van der Waals surface area (Å²) in [6.07, 6.45) is 0.692. The molecule has 32 heavy (non-hydrogen) atoms. The van der Waals surface area contributed by atoms with Crippen molar-refractivity contribution in [2.45, 2.75) is 57.1 Å². The van der Waals surface area contributed by atoms with Crippen molar-refractivity contribution >= 4 is 45.7 Å². The Morgan fingerprint density at radius 2 is 1.88 bits per heavy atom. The van der Waals surface area contributed by atoms with E-state index in [4.69, 9.17) is 23.2 Å². The third-order valence-corrected chi connectivity index (χ3v) is 6.93. The van der Waals surface area contributed by atoms with Gasteiger partial charge in [-0.25, -0.2) is 0 Å². The van der Waals surface area contributed by atoms with Gasteiger partial charge in [0.05, 0.1) is 34.7 Å². The molecular weight excluding hydrogens is 447 g/mol. The van der Waals surface area contributed by atoms with E-state index in [1.54, 1.807) is 12.1 Å². The second-order valence-corrected chi connectivity index (χ2v) is 10.5. The van der Waals surface area contributed by atoms with Crippen LogP contribution in [0.25, 0.3) is 10.9 Å². The normalized spacial score (nSPS) is 16.2. The summed E-state index contributed by atoms with van der Waals surface area (Å²) in [7, 11) is 0. The second-order valence-electron chi connectivity index (χ2n) is 9.67. The van der Waals surface area contributed by atoms with Crippen LogP contribution in [0.15, 0.2) is 42.5 Å². The SMILES string of the molecule is CC(C)(C)c1cc2cc(NC(=O)C3(c4ccc(Cl)c(Cl)c4)CC3)ccc2n1C[C@@H](O)CO.[HH].[HH].[HH]. The van der Waals surface area contributed by atoms with Gasteiger partial charge in [-0.1, -0.05) is 50.0 Å². The number of amides is 1. The van der Waals surface area contributed by atoms with Gasteiger partial charge in [-0.3, -0.25) is 4.79 Å². The zero-order chi connectivity index (χ0) is 23.3. The highest BCUT2D eigenvalue weighted by atomic mass is 35.5. The average molecular weight is 481 g/mol. The van der Waals surface area contributed by atoms with Crippen molar-refractivity contribution in [3.05, 3.63) is 63.8 Å². The second kappa shape index (κ2) is 8.38. The maximum atomic E-state index is 13.2. The van der Waals surface area contributed by atoms with Gasteiger partial charge in [0.2, 0.25) is 5.91 Å². The van der Waals surface area contributed by atoms with Crippen molar-refractivity contribution in [2.75, 3.05) is 11.9 Å². The van der Waals surface area contributed by atoms with Crippen LogP contribution in [-0.4, -0.2) is 33.4 Å². The van der Waals surface area contributed by atoms with Gasteiger partial charge in [0.1, 0.15) is 0 Å².